The van der Waals surface area contributed by atoms with Gasteiger partial charge in [0.15, 0.2) is 5.96 Å². The summed E-state index contributed by atoms with van der Waals surface area (Å²) < 4.78 is 0. The Morgan fingerprint density at radius 1 is 1.07 bits per heavy atom. The van der Waals surface area contributed by atoms with Gasteiger partial charge < -0.3 is 15.1 Å². The number of rotatable bonds is 9. The maximum absolute atomic E-state index is 12.5. The van der Waals surface area contributed by atoms with Crippen molar-refractivity contribution in [1.82, 2.24) is 20.0 Å². The summed E-state index contributed by atoms with van der Waals surface area (Å²) in [7, 11) is 1.93. The lowest BCUT2D eigenvalue weighted by molar-refractivity contribution is -0.131. The maximum Gasteiger partial charge on any atom is 0.242 e. The minimum absolute atomic E-state index is 0.133. The van der Waals surface area contributed by atoms with E-state index in [-0.39, 0.29) is 5.91 Å². The number of hydrogen-bond acceptors (Lipinski definition) is 3. The molecule has 1 aromatic carbocycles. The van der Waals surface area contributed by atoms with Crippen molar-refractivity contribution in [3.05, 3.63) is 35.4 Å². The predicted octanol–water partition coefficient (Wildman–Crippen LogP) is 2.94. The van der Waals surface area contributed by atoms with Gasteiger partial charge in [0.2, 0.25) is 5.91 Å². The monoisotopic (exact) mass is 401 g/mol. The van der Waals surface area contributed by atoms with Gasteiger partial charge >= 0.3 is 0 Å². The van der Waals surface area contributed by atoms with Crippen molar-refractivity contribution in [2.75, 3.05) is 46.3 Å². The summed E-state index contributed by atoms with van der Waals surface area (Å²) in [4.78, 5) is 23.6. The number of hydrogen-bond donors (Lipinski definition) is 1. The van der Waals surface area contributed by atoms with E-state index in [2.05, 4.69) is 41.4 Å². The molecule has 0 aromatic heterocycles. The van der Waals surface area contributed by atoms with E-state index < -0.39 is 0 Å². The molecule has 0 saturated carbocycles. The molecule has 0 aliphatic carbocycles. The molecule has 1 aromatic rings. The first-order chi connectivity index (χ1) is 14.1. The summed E-state index contributed by atoms with van der Waals surface area (Å²) in [6.45, 7) is 12.7. The van der Waals surface area contributed by atoms with Crippen LogP contribution in [0.15, 0.2) is 29.3 Å². The topological polar surface area (TPSA) is 51.2 Å². The van der Waals surface area contributed by atoms with Gasteiger partial charge in [0.25, 0.3) is 0 Å². The summed E-state index contributed by atoms with van der Waals surface area (Å²) in [5, 5.41) is 3.33. The number of amides is 1. The Labute approximate surface area is 177 Å². The van der Waals surface area contributed by atoms with Gasteiger partial charge in [-0.25, -0.2) is 4.99 Å². The van der Waals surface area contributed by atoms with Gasteiger partial charge in [-0.1, -0.05) is 30.7 Å². The van der Waals surface area contributed by atoms with E-state index in [4.69, 9.17) is 4.99 Å². The third-order valence-corrected chi connectivity index (χ3v) is 5.55. The molecular formula is C23H39N5O. The first-order valence-corrected chi connectivity index (χ1v) is 11.1. The molecule has 1 amide bonds. The van der Waals surface area contributed by atoms with Crippen LogP contribution >= 0.6 is 0 Å². The van der Waals surface area contributed by atoms with Crippen molar-refractivity contribution in [3.63, 3.8) is 0 Å². The Morgan fingerprint density at radius 3 is 2.34 bits per heavy atom. The fourth-order valence-electron chi connectivity index (χ4n) is 3.81. The van der Waals surface area contributed by atoms with E-state index in [1.54, 1.807) is 0 Å². The Kier molecular flexibility index (Phi) is 9.98. The molecule has 1 saturated heterocycles. The molecule has 0 bridgehead atoms. The molecule has 1 N–H and O–H groups in total. The number of nitrogens with one attached hydrogen (secondary N) is 1. The van der Waals surface area contributed by atoms with Gasteiger partial charge in [0.1, 0.15) is 0 Å². The second kappa shape index (κ2) is 12.5. The fourth-order valence-corrected chi connectivity index (χ4v) is 3.81. The van der Waals surface area contributed by atoms with Crippen LogP contribution in [-0.4, -0.2) is 72.9 Å². The van der Waals surface area contributed by atoms with E-state index in [0.29, 0.717) is 13.1 Å². The van der Waals surface area contributed by atoms with Crippen LogP contribution in [0.2, 0.25) is 0 Å². The van der Waals surface area contributed by atoms with Gasteiger partial charge in [0.05, 0.1) is 13.1 Å². The molecule has 6 heteroatoms. The maximum atomic E-state index is 12.5. The first-order valence-electron chi connectivity index (χ1n) is 11.1. The number of guanidine groups is 1. The number of carbonyl (C=O) groups is 1. The smallest absolute Gasteiger partial charge is 0.242 e. The van der Waals surface area contributed by atoms with E-state index in [1.807, 2.05) is 30.7 Å². The molecule has 1 heterocycles. The van der Waals surface area contributed by atoms with Crippen molar-refractivity contribution in [3.8, 4) is 0 Å². The molecule has 6 nitrogen and oxygen atoms in total. The molecule has 0 spiro atoms. The lowest BCUT2D eigenvalue weighted by atomic mass is 10.1. The number of likely N-dealkylation sites (N-methyl/N-ethyl adjacent to an activating group) is 2. The summed E-state index contributed by atoms with van der Waals surface area (Å²) >= 11 is 0. The standard InChI is InChI=1S/C23H39N5O/c1-5-24-23(26(4)19-22(29)28(6-2)7-3)25-17-20-13-9-10-14-21(20)18-27-15-11-8-12-16-27/h9-10,13-14H,5-8,11-12,15-19H2,1-4H3,(H,24,25). The first kappa shape index (κ1) is 23.2. The average Bonchev–Trinajstić information content (AvgIpc) is 2.73. The molecular weight excluding hydrogens is 362 g/mol. The lowest BCUT2D eigenvalue weighted by Gasteiger charge is -2.27. The second-order valence-electron chi connectivity index (χ2n) is 7.70. The zero-order valence-electron chi connectivity index (χ0n) is 18.8. The number of nitrogens with zero attached hydrogens (tertiary/aromatic N) is 4. The lowest BCUT2D eigenvalue weighted by Crippen LogP contribution is -2.45. The Balaban J connectivity index is 2.06. The predicted molar refractivity (Wildman–Crippen MR) is 121 cm³/mol. The number of carbonyl (C=O) groups excluding carboxylic acids is 1. The highest BCUT2D eigenvalue weighted by Gasteiger charge is 2.16. The van der Waals surface area contributed by atoms with Gasteiger partial charge in [0, 0.05) is 33.2 Å². The van der Waals surface area contributed by atoms with Gasteiger partial charge in [-0.15, -0.1) is 0 Å². The molecule has 0 unspecified atom stereocenters. The van der Waals surface area contributed by atoms with Crippen LogP contribution in [0.3, 0.4) is 0 Å². The molecule has 1 aliphatic heterocycles. The third kappa shape index (κ3) is 7.35. The molecule has 1 fully saturated rings. The molecule has 0 atom stereocenters. The second-order valence-corrected chi connectivity index (χ2v) is 7.70. The van der Waals surface area contributed by atoms with Crippen molar-refractivity contribution in [2.45, 2.75) is 53.1 Å². The Morgan fingerprint density at radius 2 is 1.72 bits per heavy atom. The van der Waals surface area contributed by atoms with E-state index in [1.165, 1.54) is 43.5 Å². The molecule has 29 heavy (non-hydrogen) atoms. The minimum atomic E-state index is 0.133. The highest BCUT2D eigenvalue weighted by molar-refractivity contribution is 5.86. The van der Waals surface area contributed by atoms with Crippen molar-refractivity contribution in [2.24, 2.45) is 4.99 Å². The molecule has 162 valence electrons. The van der Waals surface area contributed by atoms with Gasteiger partial charge in [-0.3, -0.25) is 9.69 Å². The van der Waals surface area contributed by atoms with Crippen molar-refractivity contribution >= 4 is 11.9 Å². The minimum Gasteiger partial charge on any atom is -0.357 e. The quantitative estimate of drug-likeness (QED) is 0.511. The number of benzene rings is 1. The van der Waals surface area contributed by atoms with E-state index >= 15 is 0 Å². The van der Waals surface area contributed by atoms with Gasteiger partial charge in [-0.05, 0) is 57.8 Å². The van der Waals surface area contributed by atoms with Crippen LogP contribution in [0.1, 0.15) is 51.2 Å². The van der Waals surface area contributed by atoms with Crippen LogP contribution in [-0.2, 0) is 17.9 Å². The van der Waals surface area contributed by atoms with Crippen molar-refractivity contribution in [1.29, 1.82) is 0 Å². The number of likely N-dealkylation sites (tertiary alicyclic amines) is 1. The highest BCUT2D eigenvalue weighted by Crippen LogP contribution is 2.17. The molecule has 0 radical (unpaired) electrons. The summed E-state index contributed by atoms with van der Waals surface area (Å²) in [5.41, 5.74) is 2.62. The Hall–Kier alpha value is -2.08. The summed E-state index contributed by atoms with van der Waals surface area (Å²) in [6.07, 6.45) is 3.96. The number of piperidine rings is 1. The SMILES string of the molecule is CCNC(=NCc1ccccc1CN1CCCCC1)N(C)CC(=O)N(CC)CC. The average molecular weight is 402 g/mol. The fraction of sp³-hybridized carbons (Fsp3) is 0.652. The highest BCUT2D eigenvalue weighted by atomic mass is 16.2. The normalized spacial score (nSPS) is 15.2. The van der Waals surface area contributed by atoms with Gasteiger partial charge in [-0.2, -0.15) is 0 Å². The van der Waals surface area contributed by atoms with Crippen LogP contribution in [0.5, 0.6) is 0 Å². The van der Waals surface area contributed by atoms with Crippen LogP contribution in [0.25, 0.3) is 0 Å². The van der Waals surface area contributed by atoms with Crippen LogP contribution in [0, 0.1) is 0 Å². The molecule has 1 aliphatic rings. The zero-order chi connectivity index (χ0) is 21.1. The number of aliphatic imine (C=N–C) groups is 1. The van der Waals surface area contributed by atoms with E-state index in [0.717, 1.165) is 32.1 Å². The molecule has 2 rings (SSSR count). The van der Waals surface area contributed by atoms with E-state index in [9.17, 15) is 4.79 Å². The summed E-state index contributed by atoms with van der Waals surface area (Å²) in [5.74, 6) is 0.911. The Bertz CT molecular complexity index is 650. The largest absolute Gasteiger partial charge is 0.357 e. The van der Waals surface area contributed by atoms with Crippen LogP contribution < -0.4 is 5.32 Å². The van der Waals surface area contributed by atoms with Crippen molar-refractivity contribution < 1.29 is 4.79 Å². The van der Waals surface area contributed by atoms with Crippen LogP contribution in [0.4, 0.5) is 0 Å². The zero-order valence-corrected chi connectivity index (χ0v) is 18.8. The third-order valence-electron chi connectivity index (χ3n) is 5.55. The summed E-state index contributed by atoms with van der Waals surface area (Å²) in [6, 6.07) is 8.60.